The van der Waals surface area contributed by atoms with Gasteiger partial charge in [0.1, 0.15) is 6.04 Å². The number of nitrogens with zero attached hydrogens (tertiary/aromatic N) is 2. The van der Waals surface area contributed by atoms with Crippen molar-refractivity contribution in [3.8, 4) is 0 Å². The first-order chi connectivity index (χ1) is 11.6. The van der Waals surface area contributed by atoms with E-state index >= 15 is 0 Å². The van der Waals surface area contributed by atoms with Crippen molar-refractivity contribution < 1.29 is 4.79 Å². The molecule has 2 N–H and O–H groups in total. The Morgan fingerprint density at radius 1 is 1.17 bits per heavy atom. The Bertz CT molecular complexity index is 699. The van der Waals surface area contributed by atoms with Gasteiger partial charge in [0.2, 0.25) is 5.91 Å². The summed E-state index contributed by atoms with van der Waals surface area (Å²) in [6, 6.07) is 17.6. The van der Waals surface area contributed by atoms with Gasteiger partial charge in [0.15, 0.2) is 0 Å². The van der Waals surface area contributed by atoms with Gasteiger partial charge >= 0.3 is 0 Å². The second-order valence-corrected chi connectivity index (χ2v) is 6.57. The molecule has 3 rings (SSSR count). The van der Waals surface area contributed by atoms with E-state index in [0.717, 1.165) is 30.6 Å². The lowest BCUT2D eigenvalue weighted by Gasteiger charge is -2.28. The predicted molar refractivity (Wildman–Crippen MR) is 97.8 cm³/mol. The van der Waals surface area contributed by atoms with E-state index in [1.807, 2.05) is 49.3 Å². The number of nitrogens with two attached hydrogens (primary N) is 1. The van der Waals surface area contributed by atoms with Crippen LogP contribution in [0.5, 0.6) is 0 Å². The van der Waals surface area contributed by atoms with Gasteiger partial charge in [0, 0.05) is 26.3 Å². The van der Waals surface area contributed by atoms with Crippen molar-refractivity contribution in [2.24, 2.45) is 5.73 Å². The number of anilines is 1. The van der Waals surface area contributed by atoms with Gasteiger partial charge in [-0.1, -0.05) is 42.5 Å². The van der Waals surface area contributed by atoms with Crippen molar-refractivity contribution in [1.82, 2.24) is 4.90 Å². The number of likely N-dealkylation sites (tertiary alicyclic amines) is 1. The summed E-state index contributed by atoms with van der Waals surface area (Å²) >= 11 is 0. The highest BCUT2D eigenvalue weighted by molar-refractivity contribution is 5.83. The topological polar surface area (TPSA) is 49.6 Å². The highest BCUT2D eigenvalue weighted by atomic mass is 16.2. The van der Waals surface area contributed by atoms with E-state index in [4.69, 9.17) is 5.73 Å². The standard InChI is InChI=1S/C20H25N3O/c1-22(2)17-11-6-10-16(14-17)18-12-7-13-23(18)20(24)19(21)15-8-4-3-5-9-15/h3-6,8-11,14,18-19H,7,12-13,21H2,1-2H3/t18-,19-/m1/s1. The van der Waals surface area contributed by atoms with Crippen LogP contribution in [0.3, 0.4) is 0 Å². The molecule has 0 saturated carbocycles. The minimum atomic E-state index is -0.594. The van der Waals surface area contributed by atoms with Crippen LogP contribution >= 0.6 is 0 Å². The molecule has 4 nitrogen and oxygen atoms in total. The quantitative estimate of drug-likeness (QED) is 0.940. The summed E-state index contributed by atoms with van der Waals surface area (Å²) in [7, 11) is 4.06. The molecule has 4 heteroatoms. The Morgan fingerprint density at radius 2 is 1.92 bits per heavy atom. The van der Waals surface area contributed by atoms with E-state index in [-0.39, 0.29) is 11.9 Å². The highest BCUT2D eigenvalue weighted by Crippen LogP contribution is 2.35. The van der Waals surface area contributed by atoms with Crippen LogP contribution < -0.4 is 10.6 Å². The lowest BCUT2D eigenvalue weighted by atomic mass is 10.0. The molecule has 0 unspecified atom stereocenters. The zero-order chi connectivity index (χ0) is 17.1. The number of carbonyl (C=O) groups excluding carboxylic acids is 1. The van der Waals surface area contributed by atoms with Gasteiger partial charge in [0.05, 0.1) is 6.04 Å². The van der Waals surface area contributed by atoms with E-state index in [0.29, 0.717) is 0 Å². The maximum atomic E-state index is 12.9. The average molecular weight is 323 g/mol. The minimum absolute atomic E-state index is 0.0129. The molecule has 0 spiro atoms. The maximum Gasteiger partial charge on any atom is 0.244 e. The molecule has 1 heterocycles. The van der Waals surface area contributed by atoms with Crippen LogP contribution in [-0.2, 0) is 4.79 Å². The number of hydrogen-bond acceptors (Lipinski definition) is 3. The zero-order valence-corrected chi connectivity index (χ0v) is 14.4. The summed E-state index contributed by atoms with van der Waals surface area (Å²) in [5.74, 6) is 0.0129. The summed E-state index contributed by atoms with van der Waals surface area (Å²) in [6.07, 6.45) is 2.01. The van der Waals surface area contributed by atoms with Crippen LogP contribution in [0.25, 0.3) is 0 Å². The lowest BCUT2D eigenvalue weighted by Crippen LogP contribution is -2.38. The molecule has 0 radical (unpaired) electrons. The normalized spacial score (nSPS) is 18.5. The molecule has 126 valence electrons. The second-order valence-electron chi connectivity index (χ2n) is 6.57. The summed E-state index contributed by atoms with van der Waals surface area (Å²) in [4.78, 5) is 17.0. The van der Waals surface area contributed by atoms with Crippen LogP contribution in [0.4, 0.5) is 5.69 Å². The summed E-state index contributed by atoms with van der Waals surface area (Å²) in [5, 5.41) is 0. The van der Waals surface area contributed by atoms with E-state index in [2.05, 4.69) is 29.2 Å². The van der Waals surface area contributed by atoms with Gasteiger partial charge in [0.25, 0.3) is 0 Å². The predicted octanol–water partition coefficient (Wildman–Crippen LogP) is 3.12. The smallest absolute Gasteiger partial charge is 0.244 e. The first kappa shape index (κ1) is 16.5. The van der Waals surface area contributed by atoms with Crippen LogP contribution in [0.2, 0.25) is 0 Å². The minimum Gasteiger partial charge on any atom is -0.378 e. The maximum absolute atomic E-state index is 12.9. The third-order valence-corrected chi connectivity index (χ3v) is 4.73. The Balaban J connectivity index is 1.83. The molecular weight excluding hydrogens is 298 g/mol. The highest BCUT2D eigenvalue weighted by Gasteiger charge is 2.33. The van der Waals surface area contributed by atoms with E-state index in [1.165, 1.54) is 5.56 Å². The first-order valence-corrected chi connectivity index (χ1v) is 8.46. The number of amides is 1. The summed E-state index contributed by atoms with van der Waals surface area (Å²) in [6.45, 7) is 0.774. The Morgan fingerprint density at radius 3 is 2.62 bits per heavy atom. The molecule has 1 amide bonds. The van der Waals surface area contributed by atoms with Crippen molar-refractivity contribution >= 4 is 11.6 Å². The van der Waals surface area contributed by atoms with Crippen LogP contribution in [-0.4, -0.2) is 31.4 Å². The Kier molecular flexibility index (Phi) is 4.86. The molecule has 2 atom stereocenters. The number of rotatable bonds is 4. The summed E-state index contributed by atoms with van der Waals surface area (Å²) in [5.41, 5.74) is 9.45. The average Bonchev–Trinajstić information content (AvgIpc) is 3.11. The second kappa shape index (κ2) is 7.05. The fraction of sp³-hybridized carbons (Fsp3) is 0.350. The molecule has 1 aliphatic heterocycles. The fourth-order valence-corrected chi connectivity index (χ4v) is 3.37. The Hall–Kier alpha value is -2.33. The van der Waals surface area contributed by atoms with Crippen molar-refractivity contribution in [1.29, 1.82) is 0 Å². The number of carbonyl (C=O) groups is 1. The van der Waals surface area contributed by atoms with Crippen LogP contribution in [0.15, 0.2) is 54.6 Å². The van der Waals surface area contributed by atoms with Crippen molar-refractivity contribution in [2.45, 2.75) is 24.9 Å². The molecule has 1 aliphatic rings. The fourth-order valence-electron chi connectivity index (χ4n) is 3.37. The monoisotopic (exact) mass is 323 g/mol. The van der Waals surface area contributed by atoms with Crippen molar-refractivity contribution in [3.05, 3.63) is 65.7 Å². The largest absolute Gasteiger partial charge is 0.378 e. The molecule has 2 aromatic rings. The molecule has 2 aromatic carbocycles. The number of hydrogen-bond donors (Lipinski definition) is 1. The lowest BCUT2D eigenvalue weighted by molar-refractivity contribution is -0.133. The van der Waals surface area contributed by atoms with Gasteiger partial charge in [-0.05, 0) is 36.1 Å². The molecule has 24 heavy (non-hydrogen) atoms. The van der Waals surface area contributed by atoms with Crippen molar-refractivity contribution in [3.63, 3.8) is 0 Å². The van der Waals surface area contributed by atoms with E-state index < -0.39 is 6.04 Å². The summed E-state index contributed by atoms with van der Waals surface area (Å²) < 4.78 is 0. The first-order valence-electron chi connectivity index (χ1n) is 8.46. The van der Waals surface area contributed by atoms with Crippen molar-refractivity contribution in [2.75, 3.05) is 25.5 Å². The van der Waals surface area contributed by atoms with Crippen LogP contribution in [0, 0.1) is 0 Å². The molecule has 1 fully saturated rings. The molecule has 1 saturated heterocycles. The Labute approximate surface area is 143 Å². The van der Waals surface area contributed by atoms with E-state index in [9.17, 15) is 4.79 Å². The van der Waals surface area contributed by atoms with E-state index in [1.54, 1.807) is 0 Å². The molecule has 0 aliphatic carbocycles. The van der Waals surface area contributed by atoms with Gasteiger partial charge in [-0.25, -0.2) is 0 Å². The van der Waals surface area contributed by atoms with Gasteiger partial charge in [-0.2, -0.15) is 0 Å². The molecular formula is C20H25N3O. The van der Waals surface area contributed by atoms with Gasteiger partial charge < -0.3 is 15.5 Å². The number of benzene rings is 2. The molecule has 0 bridgehead atoms. The molecule has 0 aromatic heterocycles. The van der Waals surface area contributed by atoms with Gasteiger partial charge in [-0.3, -0.25) is 4.79 Å². The SMILES string of the molecule is CN(C)c1cccc([C@H]2CCCN2C(=O)[C@H](N)c2ccccc2)c1. The van der Waals surface area contributed by atoms with Gasteiger partial charge in [-0.15, -0.1) is 0 Å². The third kappa shape index (κ3) is 3.29. The van der Waals surface area contributed by atoms with Crippen LogP contribution in [0.1, 0.15) is 36.1 Å². The third-order valence-electron chi connectivity index (χ3n) is 4.73. The zero-order valence-electron chi connectivity index (χ0n) is 14.4.